The molecular weight excluding hydrogens is 212 g/mol. The van der Waals surface area contributed by atoms with Crippen molar-refractivity contribution in [2.45, 2.75) is 19.1 Å². The lowest BCUT2D eigenvalue weighted by atomic mass is 9.99. The molecule has 0 heterocycles. The maximum atomic E-state index is 11.0. The number of hydrogen-bond acceptors (Lipinski definition) is 5. The Morgan fingerprint density at radius 2 is 2.06 bits per heavy atom. The van der Waals surface area contributed by atoms with Crippen molar-refractivity contribution in [3.63, 3.8) is 0 Å². The zero-order valence-electron chi connectivity index (χ0n) is 8.66. The SMILES string of the molecule is CC(=O)[C@@H](N)[C@H](O)c1ccccc1[N+](=O)[O-]. The minimum atomic E-state index is -1.36. The number of carbonyl (C=O) groups is 1. The van der Waals surface area contributed by atoms with Gasteiger partial charge in [0, 0.05) is 6.07 Å². The summed E-state index contributed by atoms with van der Waals surface area (Å²) < 4.78 is 0. The maximum absolute atomic E-state index is 11.0. The molecule has 0 amide bonds. The van der Waals surface area contributed by atoms with Gasteiger partial charge in [-0.2, -0.15) is 0 Å². The number of nitrogens with zero attached hydrogens (tertiary/aromatic N) is 1. The van der Waals surface area contributed by atoms with Crippen molar-refractivity contribution in [1.82, 2.24) is 0 Å². The summed E-state index contributed by atoms with van der Waals surface area (Å²) in [5.74, 6) is -0.425. The van der Waals surface area contributed by atoms with Crippen LogP contribution in [-0.4, -0.2) is 21.9 Å². The Morgan fingerprint density at radius 3 is 2.56 bits per heavy atom. The molecule has 86 valence electrons. The normalized spacial score (nSPS) is 14.2. The molecule has 0 aliphatic carbocycles. The van der Waals surface area contributed by atoms with E-state index in [1.54, 1.807) is 6.07 Å². The van der Waals surface area contributed by atoms with E-state index in [-0.39, 0.29) is 11.3 Å². The second-order valence-corrected chi connectivity index (χ2v) is 3.40. The van der Waals surface area contributed by atoms with Gasteiger partial charge in [-0.3, -0.25) is 14.9 Å². The van der Waals surface area contributed by atoms with E-state index in [4.69, 9.17) is 5.73 Å². The Bertz CT molecular complexity index is 419. The zero-order chi connectivity index (χ0) is 12.3. The second-order valence-electron chi connectivity index (χ2n) is 3.40. The van der Waals surface area contributed by atoms with E-state index in [1.807, 2.05) is 0 Å². The van der Waals surface area contributed by atoms with E-state index in [1.165, 1.54) is 25.1 Å². The number of carbonyl (C=O) groups excluding carboxylic acids is 1. The number of rotatable bonds is 4. The smallest absolute Gasteiger partial charge is 0.275 e. The monoisotopic (exact) mass is 224 g/mol. The van der Waals surface area contributed by atoms with Gasteiger partial charge in [0.05, 0.1) is 16.5 Å². The van der Waals surface area contributed by atoms with Gasteiger partial charge in [-0.25, -0.2) is 0 Å². The fourth-order valence-electron chi connectivity index (χ4n) is 1.32. The Hall–Kier alpha value is -1.79. The van der Waals surface area contributed by atoms with Crippen molar-refractivity contribution in [1.29, 1.82) is 0 Å². The third-order valence-corrected chi connectivity index (χ3v) is 2.26. The van der Waals surface area contributed by atoms with Crippen LogP contribution in [0.25, 0.3) is 0 Å². The van der Waals surface area contributed by atoms with E-state index < -0.39 is 22.9 Å². The lowest BCUT2D eigenvalue weighted by molar-refractivity contribution is -0.386. The molecule has 0 unspecified atom stereocenters. The standard InChI is InChI=1S/C10H12N2O4/c1-6(13)9(11)10(14)7-4-2-3-5-8(7)12(15)16/h2-5,9-10,14H,11H2,1H3/t9-,10-/m1/s1. The number of aliphatic hydroxyl groups is 1. The molecule has 1 rings (SSSR count). The van der Waals surface area contributed by atoms with Gasteiger partial charge in [-0.15, -0.1) is 0 Å². The minimum absolute atomic E-state index is 0.0511. The number of ketones is 1. The molecule has 2 atom stereocenters. The molecule has 6 heteroatoms. The summed E-state index contributed by atoms with van der Waals surface area (Å²) in [5, 5.41) is 20.4. The van der Waals surface area contributed by atoms with Crippen LogP contribution in [0, 0.1) is 10.1 Å². The largest absolute Gasteiger partial charge is 0.386 e. The number of Topliss-reactive ketones (excluding diaryl/α,β-unsaturated/α-hetero) is 1. The average Bonchev–Trinajstić information content (AvgIpc) is 2.26. The van der Waals surface area contributed by atoms with E-state index >= 15 is 0 Å². The van der Waals surface area contributed by atoms with Gasteiger partial charge in [0.2, 0.25) is 0 Å². The average molecular weight is 224 g/mol. The summed E-state index contributed by atoms with van der Waals surface area (Å²) >= 11 is 0. The van der Waals surface area contributed by atoms with Crippen LogP contribution < -0.4 is 5.73 Å². The molecule has 1 aromatic carbocycles. The van der Waals surface area contributed by atoms with Crippen LogP contribution in [-0.2, 0) is 4.79 Å². The van der Waals surface area contributed by atoms with Crippen LogP contribution >= 0.6 is 0 Å². The molecule has 0 saturated carbocycles. The Balaban J connectivity index is 3.12. The molecule has 0 aliphatic rings. The highest BCUT2D eigenvalue weighted by atomic mass is 16.6. The summed E-state index contributed by atoms with van der Waals surface area (Å²) in [6, 6.07) is 4.50. The molecule has 0 saturated heterocycles. The molecule has 0 radical (unpaired) electrons. The summed E-state index contributed by atoms with van der Waals surface area (Å²) in [6.07, 6.45) is -1.36. The molecule has 0 aromatic heterocycles. The Kier molecular flexibility index (Phi) is 3.70. The van der Waals surface area contributed by atoms with Crippen molar-refractivity contribution in [3.8, 4) is 0 Å². The van der Waals surface area contributed by atoms with Crippen LogP contribution in [0.2, 0.25) is 0 Å². The molecule has 6 nitrogen and oxygen atoms in total. The molecular formula is C10H12N2O4. The summed E-state index contributed by atoms with van der Waals surface area (Å²) in [5.41, 5.74) is 5.25. The first kappa shape index (κ1) is 12.3. The number of nitrogens with two attached hydrogens (primary N) is 1. The molecule has 0 bridgehead atoms. The number of hydrogen-bond donors (Lipinski definition) is 2. The Labute approximate surface area is 91.8 Å². The first-order valence-electron chi connectivity index (χ1n) is 4.62. The van der Waals surface area contributed by atoms with E-state index in [9.17, 15) is 20.0 Å². The van der Waals surface area contributed by atoms with Crippen molar-refractivity contribution in [2.75, 3.05) is 0 Å². The maximum Gasteiger partial charge on any atom is 0.275 e. The van der Waals surface area contributed by atoms with Crippen LogP contribution in [0.4, 0.5) is 5.69 Å². The Morgan fingerprint density at radius 1 is 1.50 bits per heavy atom. The van der Waals surface area contributed by atoms with Gasteiger partial charge in [-0.1, -0.05) is 12.1 Å². The first-order valence-corrected chi connectivity index (χ1v) is 4.62. The predicted octanol–water partition coefficient (Wildman–Crippen LogP) is 0.544. The van der Waals surface area contributed by atoms with Crippen LogP contribution in [0.15, 0.2) is 24.3 Å². The van der Waals surface area contributed by atoms with Crippen molar-refractivity contribution in [3.05, 3.63) is 39.9 Å². The minimum Gasteiger partial charge on any atom is -0.386 e. The molecule has 0 fully saturated rings. The molecule has 3 N–H and O–H groups in total. The highest BCUT2D eigenvalue weighted by molar-refractivity contribution is 5.82. The molecule has 0 aliphatic heterocycles. The number of nitro groups is 1. The third-order valence-electron chi connectivity index (χ3n) is 2.26. The van der Waals surface area contributed by atoms with Gasteiger partial charge in [0.15, 0.2) is 0 Å². The first-order chi connectivity index (χ1) is 7.45. The van der Waals surface area contributed by atoms with Crippen LogP contribution in [0.1, 0.15) is 18.6 Å². The van der Waals surface area contributed by atoms with Crippen molar-refractivity contribution >= 4 is 11.5 Å². The fourth-order valence-corrected chi connectivity index (χ4v) is 1.32. The van der Waals surface area contributed by atoms with Crippen LogP contribution in [0.3, 0.4) is 0 Å². The number of benzene rings is 1. The highest BCUT2D eigenvalue weighted by Crippen LogP contribution is 2.26. The number of nitro benzene ring substituents is 1. The number of para-hydroxylation sites is 1. The van der Waals surface area contributed by atoms with E-state index in [0.29, 0.717) is 0 Å². The predicted molar refractivity (Wildman–Crippen MR) is 56.7 cm³/mol. The second kappa shape index (κ2) is 4.82. The van der Waals surface area contributed by atoms with Crippen molar-refractivity contribution in [2.24, 2.45) is 5.73 Å². The lowest BCUT2D eigenvalue weighted by Gasteiger charge is -2.16. The highest BCUT2D eigenvalue weighted by Gasteiger charge is 2.27. The molecule has 0 spiro atoms. The number of aliphatic hydroxyl groups excluding tert-OH is 1. The fraction of sp³-hybridized carbons (Fsp3) is 0.300. The van der Waals surface area contributed by atoms with Crippen molar-refractivity contribution < 1.29 is 14.8 Å². The van der Waals surface area contributed by atoms with Gasteiger partial charge in [0.25, 0.3) is 5.69 Å². The van der Waals surface area contributed by atoms with E-state index in [0.717, 1.165) is 0 Å². The molecule has 16 heavy (non-hydrogen) atoms. The summed E-state index contributed by atoms with van der Waals surface area (Å²) in [6.45, 7) is 1.22. The topological polar surface area (TPSA) is 106 Å². The van der Waals surface area contributed by atoms with Gasteiger partial charge >= 0.3 is 0 Å². The van der Waals surface area contributed by atoms with Gasteiger partial charge < -0.3 is 10.8 Å². The van der Waals surface area contributed by atoms with Crippen LogP contribution in [0.5, 0.6) is 0 Å². The summed E-state index contributed by atoms with van der Waals surface area (Å²) in [4.78, 5) is 21.1. The zero-order valence-corrected chi connectivity index (χ0v) is 8.66. The van der Waals surface area contributed by atoms with Gasteiger partial charge in [0.1, 0.15) is 11.9 Å². The third kappa shape index (κ3) is 2.41. The lowest BCUT2D eigenvalue weighted by Crippen LogP contribution is -2.35. The molecule has 1 aromatic rings. The van der Waals surface area contributed by atoms with E-state index in [2.05, 4.69) is 0 Å². The van der Waals surface area contributed by atoms with Gasteiger partial charge in [-0.05, 0) is 13.0 Å². The summed E-state index contributed by atoms with van der Waals surface area (Å²) in [7, 11) is 0. The quantitative estimate of drug-likeness (QED) is 0.573.